The number of β-amino-alcohol motifs (C(OH)–C–C–N with tert-alkyl or cyclic N) is 1. The third-order valence-corrected chi connectivity index (χ3v) is 5.24. The molecule has 0 amide bonds. The number of nitrogens with zero attached hydrogens (tertiary/aromatic N) is 3. The maximum atomic E-state index is 10.8. The van der Waals surface area contributed by atoms with E-state index in [1.54, 1.807) is 0 Å². The first-order chi connectivity index (χ1) is 10.5. The van der Waals surface area contributed by atoms with Crippen LogP contribution in [0.25, 0.3) is 0 Å². The van der Waals surface area contributed by atoms with Crippen LogP contribution in [0.1, 0.15) is 44.1 Å². The average Bonchev–Trinajstić information content (AvgIpc) is 2.90. The summed E-state index contributed by atoms with van der Waals surface area (Å²) in [4.78, 5) is 4.83. The predicted molar refractivity (Wildman–Crippen MR) is 85.5 cm³/mol. The molecule has 1 saturated heterocycles. The van der Waals surface area contributed by atoms with Gasteiger partial charge in [-0.1, -0.05) is 12.1 Å². The molecule has 22 heavy (non-hydrogen) atoms. The number of aryl methyl sites for hydroxylation is 1. The van der Waals surface area contributed by atoms with E-state index in [1.807, 2.05) is 13.0 Å². The fourth-order valence-electron chi connectivity index (χ4n) is 3.69. The van der Waals surface area contributed by atoms with Crippen LogP contribution in [0.4, 0.5) is 0 Å². The largest absolute Gasteiger partial charge is 0.389 e. The first-order valence-corrected chi connectivity index (χ1v) is 8.62. The van der Waals surface area contributed by atoms with Gasteiger partial charge in [0, 0.05) is 38.8 Å². The Hall–Kier alpha value is -0.910. The van der Waals surface area contributed by atoms with Gasteiger partial charge in [0.25, 0.3) is 0 Å². The van der Waals surface area contributed by atoms with Crippen LogP contribution in [0.2, 0.25) is 0 Å². The van der Waals surface area contributed by atoms with Gasteiger partial charge in [0.2, 0.25) is 0 Å². The van der Waals surface area contributed by atoms with Gasteiger partial charge in [0.15, 0.2) is 5.76 Å². The van der Waals surface area contributed by atoms with Crippen LogP contribution >= 0.6 is 0 Å². The van der Waals surface area contributed by atoms with Crippen LogP contribution in [0.3, 0.4) is 0 Å². The normalized spacial score (nSPS) is 31.5. The lowest BCUT2D eigenvalue weighted by atomic mass is 9.79. The highest BCUT2D eigenvalue weighted by Crippen LogP contribution is 2.32. The number of rotatable bonds is 4. The SMILES string of the molecule is Cc1cc(CN2CCN(CC3(O)CCC(C)CC3)CC2)on1. The fourth-order valence-corrected chi connectivity index (χ4v) is 3.69. The summed E-state index contributed by atoms with van der Waals surface area (Å²) < 4.78 is 5.30. The zero-order valence-electron chi connectivity index (χ0n) is 13.9. The summed E-state index contributed by atoms with van der Waals surface area (Å²) >= 11 is 0. The number of hydrogen-bond acceptors (Lipinski definition) is 5. The summed E-state index contributed by atoms with van der Waals surface area (Å²) in [5.41, 5.74) is 0.499. The average molecular weight is 307 g/mol. The molecular formula is C17H29N3O2. The molecule has 1 N–H and O–H groups in total. The van der Waals surface area contributed by atoms with Crippen LogP contribution in [-0.4, -0.2) is 58.4 Å². The van der Waals surface area contributed by atoms with Gasteiger partial charge in [-0.2, -0.15) is 0 Å². The molecule has 0 aromatic carbocycles. The third kappa shape index (κ3) is 4.09. The first kappa shape index (κ1) is 16.0. The summed E-state index contributed by atoms with van der Waals surface area (Å²) in [7, 11) is 0. The molecule has 0 spiro atoms. The second kappa shape index (κ2) is 6.69. The molecule has 0 atom stereocenters. The summed E-state index contributed by atoms with van der Waals surface area (Å²) in [6.07, 6.45) is 4.26. The number of piperazine rings is 1. The van der Waals surface area contributed by atoms with E-state index in [9.17, 15) is 5.11 Å². The molecule has 5 nitrogen and oxygen atoms in total. The van der Waals surface area contributed by atoms with E-state index in [0.717, 1.165) is 69.5 Å². The van der Waals surface area contributed by atoms with Crippen molar-refractivity contribution in [2.75, 3.05) is 32.7 Å². The molecule has 1 aromatic rings. The van der Waals surface area contributed by atoms with Gasteiger partial charge in [-0.15, -0.1) is 0 Å². The summed E-state index contributed by atoms with van der Waals surface area (Å²) in [6, 6.07) is 2.01. The maximum Gasteiger partial charge on any atom is 0.150 e. The zero-order valence-corrected chi connectivity index (χ0v) is 13.9. The summed E-state index contributed by atoms with van der Waals surface area (Å²) in [6.45, 7) is 10.1. The second-order valence-electron chi connectivity index (χ2n) is 7.39. The fraction of sp³-hybridized carbons (Fsp3) is 0.824. The molecule has 1 saturated carbocycles. The lowest BCUT2D eigenvalue weighted by Crippen LogP contribution is -2.52. The molecule has 2 fully saturated rings. The van der Waals surface area contributed by atoms with E-state index in [4.69, 9.17) is 4.52 Å². The number of hydrogen-bond donors (Lipinski definition) is 1. The minimum Gasteiger partial charge on any atom is -0.389 e. The Bertz CT molecular complexity index is 472. The van der Waals surface area contributed by atoms with Crippen molar-refractivity contribution in [1.29, 1.82) is 0 Å². The monoisotopic (exact) mass is 307 g/mol. The molecule has 1 aliphatic carbocycles. The van der Waals surface area contributed by atoms with Crippen molar-refractivity contribution in [2.45, 2.75) is 51.7 Å². The molecule has 5 heteroatoms. The van der Waals surface area contributed by atoms with E-state index in [0.29, 0.717) is 0 Å². The van der Waals surface area contributed by atoms with Crippen molar-refractivity contribution in [1.82, 2.24) is 15.0 Å². The van der Waals surface area contributed by atoms with Gasteiger partial charge in [-0.05, 0) is 38.5 Å². The quantitative estimate of drug-likeness (QED) is 0.922. The first-order valence-electron chi connectivity index (χ1n) is 8.62. The molecule has 2 heterocycles. The lowest BCUT2D eigenvalue weighted by Gasteiger charge is -2.41. The number of aromatic nitrogens is 1. The minimum absolute atomic E-state index is 0.448. The van der Waals surface area contributed by atoms with Gasteiger partial charge >= 0.3 is 0 Å². The Balaban J connectivity index is 1.43. The third-order valence-electron chi connectivity index (χ3n) is 5.24. The highest BCUT2D eigenvalue weighted by molar-refractivity contribution is 5.03. The lowest BCUT2D eigenvalue weighted by molar-refractivity contribution is -0.0440. The standard InChI is InChI=1S/C17H29N3O2/c1-14-3-5-17(21,6-4-14)13-20-9-7-19(8-10-20)12-16-11-15(2)18-22-16/h11,14,21H,3-10,12-13H2,1-2H3. The summed E-state index contributed by atoms with van der Waals surface area (Å²) in [5.74, 6) is 1.73. The smallest absolute Gasteiger partial charge is 0.150 e. The van der Waals surface area contributed by atoms with E-state index in [2.05, 4.69) is 21.9 Å². The highest BCUT2D eigenvalue weighted by Gasteiger charge is 2.34. The molecular weight excluding hydrogens is 278 g/mol. The molecule has 0 radical (unpaired) electrons. The minimum atomic E-state index is -0.448. The van der Waals surface area contributed by atoms with Gasteiger partial charge in [-0.25, -0.2) is 0 Å². The van der Waals surface area contributed by atoms with Crippen molar-refractivity contribution >= 4 is 0 Å². The van der Waals surface area contributed by atoms with Crippen LogP contribution < -0.4 is 0 Å². The summed E-state index contributed by atoms with van der Waals surface area (Å²) in [5, 5.41) is 14.7. The molecule has 1 aromatic heterocycles. The van der Waals surface area contributed by atoms with Crippen molar-refractivity contribution < 1.29 is 9.63 Å². The van der Waals surface area contributed by atoms with Crippen molar-refractivity contribution in [2.24, 2.45) is 5.92 Å². The molecule has 3 rings (SSSR count). The van der Waals surface area contributed by atoms with Crippen LogP contribution in [0.5, 0.6) is 0 Å². The predicted octanol–water partition coefficient (Wildman–Crippen LogP) is 2.04. The Morgan fingerprint density at radius 3 is 2.45 bits per heavy atom. The van der Waals surface area contributed by atoms with Crippen LogP contribution in [-0.2, 0) is 6.54 Å². The van der Waals surface area contributed by atoms with Crippen molar-refractivity contribution in [3.8, 4) is 0 Å². The van der Waals surface area contributed by atoms with Crippen molar-refractivity contribution in [3.63, 3.8) is 0 Å². The van der Waals surface area contributed by atoms with Gasteiger partial charge in [0.1, 0.15) is 0 Å². The van der Waals surface area contributed by atoms with Gasteiger partial charge < -0.3 is 9.63 Å². The van der Waals surface area contributed by atoms with Gasteiger partial charge in [-0.3, -0.25) is 9.80 Å². The van der Waals surface area contributed by atoms with E-state index >= 15 is 0 Å². The highest BCUT2D eigenvalue weighted by atomic mass is 16.5. The molecule has 0 bridgehead atoms. The number of aliphatic hydroxyl groups is 1. The molecule has 124 valence electrons. The van der Waals surface area contributed by atoms with Crippen LogP contribution in [0.15, 0.2) is 10.6 Å². The van der Waals surface area contributed by atoms with E-state index < -0.39 is 5.60 Å². The zero-order chi connectivity index (χ0) is 15.6. The Labute approximate surface area is 133 Å². The second-order valence-corrected chi connectivity index (χ2v) is 7.39. The van der Waals surface area contributed by atoms with E-state index in [-0.39, 0.29) is 0 Å². The molecule has 2 aliphatic rings. The van der Waals surface area contributed by atoms with Gasteiger partial charge in [0.05, 0.1) is 17.8 Å². The Morgan fingerprint density at radius 1 is 1.23 bits per heavy atom. The van der Waals surface area contributed by atoms with E-state index in [1.165, 1.54) is 12.8 Å². The maximum absolute atomic E-state index is 10.8. The van der Waals surface area contributed by atoms with Crippen molar-refractivity contribution in [3.05, 3.63) is 17.5 Å². The molecule has 1 aliphatic heterocycles. The van der Waals surface area contributed by atoms with Crippen LogP contribution in [0, 0.1) is 12.8 Å². The Kier molecular flexibility index (Phi) is 4.85. The topological polar surface area (TPSA) is 52.7 Å². The Morgan fingerprint density at radius 2 is 1.86 bits per heavy atom. The molecule has 0 unspecified atom stereocenters.